The molecule has 1 aliphatic heterocycles. The predicted molar refractivity (Wildman–Crippen MR) is 144 cm³/mol. The van der Waals surface area contributed by atoms with Gasteiger partial charge >= 0.3 is 0 Å². The summed E-state index contributed by atoms with van der Waals surface area (Å²) in [6.45, 7) is -0.216. The number of rotatable bonds is 6. The van der Waals surface area contributed by atoms with Crippen LogP contribution in [0, 0.1) is 0 Å². The summed E-state index contributed by atoms with van der Waals surface area (Å²) in [5.74, 6) is -0.114. The SMILES string of the molecule is O=C(COc1cccc(/C=C2\SC(=S)N(c3ccc(Cl)cc3)C2=O)c1)Nc1cc(Cl)cc(Cl)c1. The standard InChI is InChI=1S/C24H15Cl3N2O3S2/c25-15-4-6-19(7-5-15)29-23(31)21(34-24(29)33)9-14-2-1-3-20(8-14)32-13-22(30)28-18-11-16(26)10-17(27)12-18/h1-12H,13H2,(H,28,30)/b21-9-. The molecule has 172 valence electrons. The van der Waals surface area contributed by atoms with Crippen LogP contribution in [0.15, 0.2) is 71.6 Å². The fourth-order valence-corrected chi connectivity index (χ4v) is 5.05. The van der Waals surface area contributed by atoms with Crippen LogP contribution in [0.5, 0.6) is 5.75 Å². The lowest BCUT2D eigenvalue weighted by Gasteiger charge is -2.14. The summed E-state index contributed by atoms with van der Waals surface area (Å²) in [5.41, 5.74) is 1.86. The third-order valence-corrected chi connectivity index (χ3v) is 6.54. The monoisotopic (exact) mass is 548 g/mol. The molecule has 0 aliphatic carbocycles. The average Bonchev–Trinajstić information content (AvgIpc) is 3.05. The fraction of sp³-hybridized carbons (Fsp3) is 0.0417. The van der Waals surface area contributed by atoms with Crippen molar-refractivity contribution in [1.29, 1.82) is 0 Å². The average molecular weight is 550 g/mol. The molecule has 1 N–H and O–H groups in total. The predicted octanol–water partition coefficient (Wildman–Crippen LogP) is 7.07. The van der Waals surface area contributed by atoms with Crippen molar-refractivity contribution in [2.75, 3.05) is 16.8 Å². The van der Waals surface area contributed by atoms with Crippen molar-refractivity contribution in [3.63, 3.8) is 0 Å². The largest absolute Gasteiger partial charge is 0.484 e. The number of benzene rings is 3. The Hall–Kier alpha value is -2.55. The van der Waals surface area contributed by atoms with Gasteiger partial charge in [0.05, 0.1) is 10.6 Å². The molecule has 1 fully saturated rings. The maximum atomic E-state index is 12.9. The van der Waals surface area contributed by atoms with Crippen molar-refractivity contribution in [2.45, 2.75) is 0 Å². The zero-order chi connectivity index (χ0) is 24.2. The smallest absolute Gasteiger partial charge is 0.270 e. The van der Waals surface area contributed by atoms with E-state index >= 15 is 0 Å². The zero-order valence-electron chi connectivity index (χ0n) is 17.3. The molecule has 0 saturated carbocycles. The Bertz CT molecular complexity index is 1290. The van der Waals surface area contributed by atoms with Crippen molar-refractivity contribution in [3.05, 3.63) is 92.3 Å². The van der Waals surface area contributed by atoms with Crippen molar-refractivity contribution < 1.29 is 14.3 Å². The number of amides is 2. The summed E-state index contributed by atoms with van der Waals surface area (Å²) in [7, 11) is 0. The number of nitrogens with one attached hydrogen (secondary N) is 1. The van der Waals surface area contributed by atoms with Crippen LogP contribution >= 0.6 is 58.8 Å². The van der Waals surface area contributed by atoms with Crippen molar-refractivity contribution in [3.8, 4) is 5.75 Å². The number of carbonyl (C=O) groups is 2. The van der Waals surface area contributed by atoms with Crippen LogP contribution in [-0.2, 0) is 9.59 Å². The van der Waals surface area contributed by atoms with Crippen molar-refractivity contribution in [2.24, 2.45) is 0 Å². The number of anilines is 2. The lowest BCUT2D eigenvalue weighted by atomic mass is 10.2. The number of nitrogens with zero attached hydrogens (tertiary/aromatic N) is 1. The van der Waals surface area contributed by atoms with E-state index in [1.54, 1.807) is 66.7 Å². The van der Waals surface area contributed by atoms with Gasteiger partial charge in [0, 0.05) is 20.8 Å². The molecule has 0 bridgehead atoms. The fourth-order valence-electron chi connectivity index (χ4n) is 3.10. The topological polar surface area (TPSA) is 58.6 Å². The summed E-state index contributed by atoms with van der Waals surface area (Å²) in [4.78, 5) is 27.1. The third kappa shape index (κ3) is 6.11. The normalized spacial score (nSPS) is 14.6. The molecule has 0 aromatic heterocycles. The van der Waals surface area contributed by atoms with Gasteiger partial charge in [-0.2, -0.15) is 0 Å². The minimum Gasteiger partial charge on any atom is -0.484 e. The molecular weight excluding hydrogens is 535 g/mol. The minimum atomic E-state index is -0.368. The van der Waals surface area contributed by atoms with Gasteiger partial charge < -0.3 is 10.1 Å². The van der Waals surface area contributed by atoms with E-state index in [9.17, 15) is 9.59 Å². The molecule has 3 aromatic rings. The molecule has 1 aliphatic rings. The van der Waals surface area contributed by atoms with Gasteiger partial charge in [-0.3, -0.25) is 14.5 Å². The van der Waals surface area contributed by atoms with Gasteiger partial charge in [0.15, 0.2) is 10.9 Å². The van der Waals surface area contributed by atoms with Crippen molar-refractivity contribution >= 4 is 92.4 Å². The number of hydrogen-bond donors (Lipinski definition) is 1. The molecule has 0 radical (unpaired) electrons. The first kappa shape index (κ1) is 24.6. The van der Waals surface area contributed by atoms with Gasteiger partial charge in [0.25, 0.3) is 11.8 Å². The zero-order valence-corrected chi connectivity index (χ0v) is 21.2. The van der Waals surface area contributed by atoms with Crippen LogP contribution < -0.4 is 15.0 Å². The van der Waals surface area contributed by atoms with Gasteiger partial charge in [-0.15, -0.1) is 0 Å². The number of halogens is 3. The van der Waals surface area contributed by atoms with Crippen LogP contribution in [0.2, 0.25) is 15.1 Å². The number of thiocarbonyl (C=S) groups is 1. The lowest BCUT2D eigenvalue weighted by molar-refractivity contribution is -0.118. The summed E-state index contributed by atoms with van der Waals surface area (Å²) < 4.78 is 6.04. The van der Waals surface area contributed by atoms with E-state index in [2.05, 4.69) is 5.32 Å². The van der Waals surface area contributed by atoms with Gasteiger partial charge in [0.1, 0.15) is 5.75 Å². The molecule has 3 aromatic carbocycles. The van der Waals surface area contributed by atoms with Crippen LogP contribution in [0.25, 0.3) is 6.08 Å². The molecule has 0 spiro atoms. The van der Waals surface area contributed by atoms with Gasteiger partial charge in [-0.05, 0) is 66.2 Å². The second-order valence-corrected chi connectivity index (χ2v) is 10.0. The highest BCUT2D eigenvalue weighted by molar-refractivity contribution is 8.27. The molecule has 10 heteroatoms. The quantitative estimate of drug-likeness (QED) is 0.263. The Balaban J connectivity index is 1.42. The van der Waals surface area contributed by atoms with Gasteiger partial charge in [0.2, 0.25) is 0 Å². The number of carbonyl (C=O) groups excluding carboxylic acids is 2. The van der Waals surface area contributed by atoms with E-state index in [0.717, 1.165) is 5.56 Å². The maximum absolute atomic E-state index is 12.9. The Morgan fingerprint density at radius 2 is 1.71 bits per heavy atom. The molecule has 34 heavy (non-hydrogen) atoms. The van der Waals surface area contributed by atoms with E-state index in [1.807, 2.05) is 6.07 Å². The summed E-state index contributed by atoms with van der Waals surface area (Å²) in [6.07, 6.45) is 1.73. The second-order valence-electron chi connectivity index (χ2n) is 7.06. The third-order valence-electron chi connectivity index (χ3n) is 4.55. The second kappa shape index (κ2) is 10.8. The molecular formula is C24H15Cl3N2O3S2. The first-order chi connectivity index (χ1) is 16.3. The Kier molecular flexibility index (Phi) is 7.80. The van der Waals surface area contributed by atoms with Crippen LogP contribution in [-0.4, -0.2) is 22.7 Å². The van der Waals surface area contributed by atoms with Gasteiger partial charge in [-0.1, -0.05) is 70.9 Å². The molecule has 5 nitrogen and oxygen atoms in total. The molecule has 0 atom stereocenters. The highest BCUT2D eigenvalue weighted by Gasteiger charge is 2.33. The number of thioether (sulfide) groups is 1. The van der Waals surface area contributed by atoms with Gasteiger partial charge in [-0.25, -0.2) is 0 Å². The molecule has 2 amide bonds. The Morgan fingerprint density at radius 1 is 1.00 bits per heavy atom. The molecule has 4 rings (SSSR count). The van der Waals surface area contributed by atoms with E-state index in [-0.39, 0.29) is 18.4 Å². The molecule has 0 unspecified atom stereocenters. The summed E-state index contributed by atoms with van der Waals surface area (Å²) >= 11 is 24.4. The Labute approximate surface area is 220 Å². The number of hydrogen-bond acceptors (Lipinski definition) is 5. The lowest BCUT2D eigenvalue weighted by Crippen LogP contribution is -2.27. The van der Waals surface area contributed by atoms with Crippen LogP contribution in [0.3, 0.4) is 0 Å². The first-order valence-electron chi connectivity index (χ1n) is 9.81. The summed E-state index contributed by atoms with van der Waals surface area (Å²) in [6, 6.07) is 18.7. The van der Waals surface area contributed by atoms with Crippen LogP contribution in [0.1, 0.15) is 5.56 Å². The summed E-state index contributed by atoms with van der Waals surface area (Å²) in [5, 5.41) is 4.09. The van der Waals surface area contributed by atoms with E-state index < -0.39 is 0 Å². The minimum absolute atomic E-state index is 0.216. The van der Waals surface area contributed by atoms with Crippen LogP contribution in [0.4, 0.5) is 11.4 Å². The van der Waals surface area contributed by atoms with E-state index in [1.165, 1.54) is 16.7 Å². The van der Waals surface area contributed by atoms with Crippen molar-refractivity contribution in [1.82, 2.24) is 0 Å². The first-order valence-corrected chi connectivity index (χ1v) is 12.2. The maximum Gasteiger partial charge on any atom is 0.270 e. The highest BCUT2D eigenvalue weighted by atomic mass is 35.5. The molecule has 1 saturated heterocycles. The highest BCUT2D eigenvalue weighted by Crippen LogP contribution is 2.36. The van der Waals surface area contributed by atoms with E-state index in [4.69, 9.17) is 51.8 Å². The molecule has 1 heterocycles. The van der Waals surface area contributed by atoms with E-state index in [0.29, 0.717) is 41.4 Å². The Morgan fingerprint density at radius 3 is 2.41 bits per heavy atom. The number of ether oxygens (including phenoxy) is 1.